The third kappa shape index (κ3) is 5.41. The summed E-state index contributed by atoms with van der Waals surface area (Å²) in [6.07, 6.45) is 1.85. The van der Waals surface area contributed by atoms with Gasteiger partial charge in [0.1, 0.15) is 5.41 Å². The molecule has 7 nitrogen and oxygen atoms in total. The molecule has 23 heavy (non-hydrogen) atoms. The fourth-order valence-electron chi connectivity index (χ4n) is 2.35. The number of amides is 3. The molecule has 0 radical (unpaired) electrons. The first-order valence-corrected chi connectivity index (χ1v) is 8.33. The van der Waals surface area contributed by atoms with Crippen molar-refractivity contribution in [1.82, 2.24) is 15.5 Å². The minimum atomic E-state index is -1.10. The number of nitrogens with zero attached hydrogens (tertiary/aromatic N) is 1. The summed E-state index contributed by atoms with van der Waals surface area (Å²) in [4.78, 5) is 37.7. The molecule has 1 rings (SSSR count). The van der Waals surface area contributed by atoms with Crippen molar-refractivity contribution in [3.63, 3.8) is 0 Å². The van der Waals surface area contributed by atoms with E-state index in [0.717, 1.165) is 6.42 Å². The number of hydrogen-bond donors (Lipinski definition) is 2. The minimum absolute atomic E-state index is 0.0218. The Kier molecular flexibility index (Phi) is 7.32. The van der Waals surface area contributed by atoms with Gasteiger partial charge in [-0.15, -0.1) is 0 Å². The Labute approximate surface area is 138 Å². The number of likely N-dealkylation sites (tertiary alicyclic amines) is 1. The van der Waals surface area contributed by atoms with Gasteiger partial charge >= 0.3 is 6.09 Å². The average molecular weight is 327 g/mol. The highest BCUT2D eigenvalue weighted by atomic mass is 16.6. The predicted octanol–water partition coefficient (Wildman–Crippen LogP) is 1.28. The lowest BCUT2D eigenvalue weighted by Crippen LogP contribution is -2.53. The van der Waals surface area contributed by atoms with Crippen molar-refractivity contribution in [3.8, 4) is 0 Å². The van der Waals surface area contributed by atoms with Crippen LogP contribution in [-0.2, 0) is 14.3 Å². The number of ether oxygens (including phenoxy) is 1. The van der Waals surface area contributed by atoms with Crippen LogP contribution in [0.25, 0.3) is 0 Å². The van der Waals surface area contributed by atoms with Crippen LogP contribution in [0, 0.1) is 5.41 Å². The van der Waals surface area contributed by atoms with E-state index in [2.05, 4.69) is 10.6 Å². The molecule has 1 heterocycles. The SMILES string of the molecule is CCCNC(=O)C(C)(C)C(=O)NC1CCN(C(=O)OCC)CC1. The van der Waals surface area contributed by atoms with Gasteiger partial charge in [-0.05, 0) is 40.0 Å². The molecule has 2 N–H and O–H groups in total. The highest BCUT2D eigenvalue weighted by molar-refractivity contribution is 6.04. The second-order valence-electron chi connectivity index (χ2n) is 6.31. The van der Waals surface area contributed by atoms with E-state index in [1.54, 1.807) is 25.7 Å². The van der Waals surface area contributed by atoms with Gasteiger partial charge in [0.05, 0.1) is 6.61 Å². The number of hydrogen-bond acceptors (Lipinski definition) is 4. The normalized spacial score (nSPS) is 15.9. The van der Waals surface area contributed by atoms with Crippen LogP contribution in [0.3, 0.4) is 0 Å². The Bertz CT molecular complexity index is 429. The molecule has 1 saturated heterocycles. The van der Waals surface area contributed by atoms with Crippen molar-refractivity contribution in [2.75, 3.05) is 26.2 Å². The van der Waals surface area contributed by atoms with Crippen LogP contribution in [0.15, 0.2) is 0 Å². The number of carbonyl (C=O) groups is 3. The second kappa shape index (κ2) is 8.74. The van der Waals surface area contributed by atoms with Crippen LogP contribution >= 0.6 is 0 Å². The van der Waals surface area contributed by atoms with Gasteiger partial charge in [0.2, 0.25) is 11.8 Å². The first-order valence-electron chi connectivity index (χ1n) is 8.33. The van der Waals surface area contributed by atoms with E-state index in [1.165, 1.54) is 0 Å². The van der Waals surface area contributed by atoms with Gasteiger partial charge in [-0.2, -0.15) is 0 Å². The third-order valence-electron chi connectivity index (χ3n) is 4.03. The van der Waals surface area contributed by atoms with Crippen molar-refractivity contribution < 1.29 is 19.1 Å². The zero-order valence-corrected chi connectivity index (χ0v) is 14.6. The van der Waals surface area contributed by atoms with Crippen LogP contribution < -0.4 is 10.6 Å². The summed E-state index contributed by atoms with van der Waals surface area (Å²) in [5, 5.41) is 5.69. The van der Waals surface area contributed by atoms with Gasteiger partial charge in [0, 0.05) is 25.7 Å². The highest BCUT2D eigenvalue weighted by Crippen LogP contribution is 2.18. The molecule has 1 aliphatic heterocycles. The van der Waals surface area contributed by atoms with E-state index in [9.17, 15) is 14.4 Å². The van der Waals surface area contributed by atoms with Gasteiger partial charge in [-0.25, -0.2) is 4.79 Å². The average Bonchev–Trinajstić information content (AvgIpc) is 2.53. The van der Waals surface area contributed by atoms with Crippen LogP contribution in [0.4, 0.5) is 4.79 Å². The van der Waals surface area contributed by atoms with Crippen LogP contribution in [-0.4, -0.2) is 55.1 Å². The smallest absolute Gasteiger partial charge is 0.409 e. The van der Waals surface area contributed by atoms with E-state index in [1.807, 2.05) is 6.92 Å². The quantitative estimate of drug-likeness (QED) is 0.719. The molecule has 0 unspecified atom stereocenters. The minimum Gasteiger partial charge on any atom is -0.450 e. The molecule has 132 valence electrons. The lowest BCUT2D eigenvalue weighted by Gasteiger charge is -2.33. The third-order valence-corrected chi connectivity index (χ3v) is 4.03. The molecule has 0 atom stereocenters. The van der Waals surface area contributed by atoms with Gasteiger partial charge in [0.15, 0.2) is 0 Å². The maximum Gasteiger partial charge on any atom is 0.409 e. The molecule has 0 bridgehead atoms. The van der Waals surface area contributed by atoms with Crippen molar-refractivity contribution >= 4 is 17.9 Å². The Balaban J connectivity index is 2.46. The monoisotopic (exact) mass is 327 g/mol. The first-order chi connectivity index (χ1) is 10.8. The Hall–Kier alpha value is -1.79. The fourth-order valence-corrected chi connectivity index (χ4v) is 2.35. The lowest BCUT2D eigenvalue weighted by molar-refractivity contribution is -0.141. The summed E-state index contributed by atoms with van der Waals surface area (Å²) < 4.78 is 4.97. The van der Waals surface area contributed by atoms with E-state index in [-0.39, 0.29) is 23.9 Å². The maximum atomic E-state index is 12.4. The van der Waals surface area contributed by atoms with Crippen molar-refractivity contribution in [1.29, 1.82) is 0 Å². The summed E-state index contributed by atoms with van der Waals surface area (Å²) >= 11 is 0. The van der Waals surface area contributed by atoms with E-state index < -0.39 is 5.41 Å². The maximum absolute atomic E-state index is 12.4. The predicted molar refractivity (Wildman–Crippen MR) is 86.8 cm³/mol. The Morgan fingerprint density at radius 3 is 2.26 bits per heavy atom. The molecule has 1 fully saturated rings. The fraction of sp³-hybridized carbons (Fsp3) is 0.812. The summed E-state index contributed by atoms with van der Waals surface area (Å²) in [5.41, 5.74) is -1.10. The van der Waals surface area contributed by atoms with Crippen molar-refractivity contribution in [2.45, 2.75) is 53.0 Å². The number of piperidine rings is 1. The summed E-state index contributed by atoms with van der Waals surface area (Å²) in [7, 11) is 0. The zero-order valence-electron chi connectivity index (χ0n) is 14.6. The van der Waals surface area contributed by atoms with E-state index >= 15 is 0 Å². The van der Waals surface area contributed by atoms with Gasteiger partial charge in [-0.3, -0.25) is 9.59 Å². The van der Waals surface area contributed by atoms with Crippen LogP contribution in [0.5, 0.6) is 0 Å². The molecule has 7 heteroatoms. The molecule has 0 saturated carbocycles. The van der Waals surface area contributed by atoms with E-state index in [4.69, 9.17) is 4.74 Å². The zero-order chi connectivity index (χ0) is 17.5. The Morgan fingerprint density at radius 2 is 1.74 bits per heavy atom. The summed E-state index contributed by atoms with van der Waals surface area (Å²) in [6.45, 7) is 9.01. The second-order valence-corrected chi connectivity index (χ2v) is 6.31. The molecular weight excluding hydrogens is 298 g/mol. The van der Waals surface area contributed by atoms with E-state index in [0.29, 0.717) is 39.1 Å². The number of carbonyl (C=O) groups excluding carboxylic acids is 3. The van der Waals surface area contributed by atoms with Gasteiger partial charge in [0.25, 0.3) is 0 Å². The highest BCUT2D eigenvalue weighted by Gasteiger charge is 2.37. The van der Waals surface area contributed by atoms with Gasteiger partial charge in [-0.1, -0.05) is 6.92 Å². The summed E-state index contributed by atoms with van der Waals surface area (Å²) in [6, 6.07) is -0.0218. The van der Waals surface area contributed by atoms with Crippen LogP contribution in [0.2, 0.25) is 0 Å². The Morgan fingerprint density at radius 1 is 1.13 bits per heavy atom. The largest absolute Gasteiger partial charge is 0.450 e. The molecule has 0 aromatic heterocycles. The van der Waals surface area contributed by atoms with Crippen LogP contribution in [0.1, 0.15) is 47.0 Å². The molecule has 0 aromatic carbocycles. The molecular formula is C16H29N3O4. The molecule has 0 spiro atoms. The summed E-state index contributed by atoms with van der Waals surface area (Å²) in [5.74, 6) is -0.540. The lowest BCUT2D eigenvalue weighted by atomic mass is 9.90. The standard InChI is InChI=1S/C16H29N3O4/c1-5-9-17-13(20)16(3,4)14(21)18-12-7-10-19(11-8-12)15(22)23-6-2/h12H,5-11H2,1-4H3,(H,17,20)(H,18,21). The number of nitrogens with one attached hydrogen (secondary N) is 2. The molecule has 0 aliphatic carbocycles. The van der Waals surface area contributed by atoms with Gasteiger partial charge < -0.3 is 20.3 Å². The van der Waals surface area contributed by atoms with Crippen molar-refractivity contribution in [2.24, 2.45) is 5.41 Å². The molecule has 0 aromatic rings. The number of rotatable bonds is 6. The van der Waals surface area contributed by atoms with Crippen molar-refractivity contribution in [3.05, 3.63) is 0 Å². The topological polar surface area (TPSA) is 87.7 Å². The molecule has 1 aliphatic rings. The first kappa shape index (κ1) is 19.3. The molecule has 3 amide bonds.